The molecule has 0 heterocycles. The number of allylic oxidation sites excluding steroid dienone is 3. The molecule has 2 rings (SSSR count). The lowest BCUT2D eigenvalue weighted by Crippen LogP contribution is -2.37. The van der Waals surface area contributed by atoms with Crippen molar-refractivity contribution in [2.75, 3.05) is 6.54 Å². The van der Waals surface area contributed by atoms with E-state index < -0.39 is 35.8 Å². The molecule has 8 heteroatoms. The molecule has 154 valence electrons. The molecular formula is C19H25F6NO. The Bertz CT molecular complexity index is 604. The highest BCUT2D eigenvalue weighted by Crippen LogP contribution is 2.41. The SMILES string of the molecule is CCCC1C[C@@H](C)C[C@H]1C(=O)NCC1C=C(C(F)(F)F)C=C(C(F)(F)F)C1. The number of rotatable bonds is 5. The Morgan fingerprint density at radius 3 is 2.37 bits per heavy atom. The van der Waals surface area contributed by atoms with Crippen molar-refractivity contribution < 1.29 is 31.1 Å². The predicted octanol–water partition coefficient (Wildman–Crippen LogP) is 5.56. The third kappa shape index (κ3) is 5.75. The van der Waals surface area contributed by atoms with E-state index in [4.69, 9.17) is 0 Å². The minimum Gasteiger partial charge on any atom is -0.355 e. The Morgan fingerprint density at radius 2 is 1.81 bits per heavy atom. The number of hydrogen-bond acceptors (Lipinski definition) is 1. The smallest absolute Gasteiger partial charge is 0.355 e. The summed E-state index contributed by atoms with van der Waals surface area (Å²) in [5, 5.41) is 2.60. The van der Waals surface area contributed by atoms with E-state index in [1.54, 1.807) is 0 Å². The van der Waals surface area contributed by atoms with E-state index in [9.17, 15) is 31.1 Å². The van der Waals surface area contributed by atoms with Crippen LogP contribution in [0.4, 0.5) is 26.3 Å². The molecule has 2 unspecified atom stereocenters. The molecule has 0 radical (unpaired) electrons. The predicted molar refractivity (Wildman–Crippen MR) is 89.7 cm³/mol. The van der Waals surface area contributed by atoms with Gasteiger partial charge < -0.3 is 5.32 Å². The highest BCUT2D eigenvalue weighted by molar-refractivity contribution is 5.79. The van der Waals surface area contributed by atoms with Gasteiger partial charge in [0.2, 0.25) is 5.91 Å². The van der Waals surface area contributed by atoms with E-state index in [0.717, 1.165) is 25.3 Å². The summed E-state index contributed by atoms with van der Waals surface area (Å²) in [4.78, 5) is 12.5. The van der Waals surface area contributed by atoms with Crippen LogP contribution in [-0.2, 0) is 4.79 Å². The second kappa shape index (κ2) is 8.27. The molecular weight excluding hydrogens is 372 g/mol. The first-order chi connectivity index (χ1) is 12.4. The van der Waals surface area contributed by atoms with Crippen LogP contribution in [0.3, 0.4) is 0 Å². The molecule has 0 bridgehead atoms. The first kappa shape index (κ1) is 21.8. The zero-order chi connectivity index (χ0) is 20.4. The Balaban J connectivity index is 2.05. The first-order valence-corrected chi connectivity index (χ1v) is 9.26. The zero-order valence-corrected chi connectivity index (χ0v) is 15.4. The van der Waals surface area contributed by atoms with Crippen molar-refractivity contribution in [3.63, 3.8) is 0 Å². The normalized spacial score (nSPS) is 29.3. The van der Waals surface area contributed by atoms with Crippen molar-refractivity contribution in [3.05, 3.63) is 23.3 Å². The minimum absolute atomic E-state index is 0.161. The second-order valence-corrected chi connectivity index (χ2v) is 7.73. The largest absolute Gasteiger partial charge is 0.416 e. The first-order valence-electron chi connectivity index (χ1n) is 9.26. The fourth-order valence-corrected chi connectivity index (χ4v) is 4.17. The summed E-state index contributed by atoms with van der Waals surface area (Å²) in [7, 11) is 0. The van der Waals surface area contributed by atoms with Crippen molar-refractivity contribution in [3.8, 4) is 0 Å². The van der Waals surface area contributed by atoms with Crippen molar-refractivity contribution in [2.24, 2.45) is 23.7 Å². The summed E-state index contributed by atoms with van der Waals surface area (Å²) in [6, 6.07) is 0. The molecule has 2 nitrogen and oxygen atoms in total. The van der Waals surface area contributed by atoms with E-state index in [2.05, 4.69) is 12.2 Å². The number of hydrogen-bond donors (Lipinski definition) is 1. The number of halogens is 6. The maximum absolute atomic E-state index is 12.9. The Labute approximate surface area is 155 Å². The molecule has 1 fully saturated rings. The second-order valence-electron chi connectivity index (χ2n) is 7.73. The highest BCUT2D eigenvalue weighted by Gasteiger charge is 2.42. The zero-order valence-electron chi connectivity index (χ0n) is 15.4. The monoisotopic (exact) mass is 397 g/mol. The van der Waals surface area contributed by atoms with Gasteiger partial charge in [0.1, 0.15) is 0 Å². The summed E-state index contributed by atoms with van der Waals surface area (Å²) < 4.78 is 77.6. The van der Waals surface area contributed by atoms with Gasteiger partial charge in [-0.15, -0.1) is 0 Å². The van der Waals surface area contributed by atoms with Crippen molar-refractivity contribution in [1.29, 1.82) is 0 Å². The summed E-state index contributed by atoms with van der Waals surface area (Å²) in [5.41, 5.74) is -2.52. The third-order valence-corrected chi connectivity index (χ3v) is 5.38. The maximum atomic E-state index is 12.9. The molecule has 2 aliphatic carbocycles. The van der Waals surface area contributed by atoms with Crippen LogP contribution in [-0.4, -0.2) is 24.8 Å². The maximum Gasteiger partial charge on any atom is 0.416 e. The van der Waals surface area contributed by atoms with Gasteiger partial charge in [-0.2, -0.15) is 26.3 Å². The molecule has 2 aliphatic rings. The molecule has 0 saturated heterocycles. The Morgan fingerprint density at radius 1 is 1.15 bits per heavy atom. The van der Waals surface area contributed by atoms with Gasteiger partial charge in [0, 0.05) is 18.0 Å². The Kier molecular flexibility index (Phi) is 6.68. The standard InChI is InChI=1S/C19H25F6NO/c1-3-4-13-5-11(2)6-16(13)17(27)26-10-12-7-14(18(20,21)22)9-15(8-12)19(23,24)25/h7,9,11-13,16H,3-6,8,10H2,1-2H3,(H,26,27)/t11-,12?,13?,16-/m1/s1. The molecule has 4 atom stereocenters. The van der Waals surface area contributed by atoms with Crippen LogP contribution in [0.2, 0.25) is 0 Å². The van der Waals surface area contributed by atoms with E-state index in [1.165, 1.54) is 0 Å². The summed E-state index contributed by atoms with van der Waals surface area (Å²) in [6.07, 6.45) is -5.83. The van der Waals surface area contributed by atoms with Gasteiger partial charge in [0.25, 0.3) is 0 Å². The van der Waals surface area contributed by atoms with E-state index in [-0.39, 0.29) is 30.4 Å². The molecule has 1 saturated carbocycles. The van der Waals surface area contributed by atoms with Gasteiger partial charge >= 0.3 is 12.4 Å². The highest BCUT2D eigenvalue weighted by atomic mass is 19.4. The Hall–Kier alpha value is -1.47. The fraction of sp³-hybridized carbons (Fsp3) is 0.737. The number of nitrogens with one attached hydrogen (secondary N) is 1. The molecule has 0 aromatic carbocycles. The number of alkyl halides is 6. The average Bonchev–Trinajstić information content (AvgIpc) is 2.92. The lowest BCUT2D eigenvalue weighted by atomic mass is 9.88. The van der Waals surface area contributed by atoms with E-state index >= 15 is 0 Å². The van der Waals surface area contributed by atoms with Gasteiger partial charge in [-0.05, 0) is 49.5 Å². The number of carbonyl (C=O) groups excluding carboxylic acids is 1. The molecule has 0 aliphatic heterocycles. The van der Waals surface area contributed by atoms with Gasteiger partial charge in [-0.3, -0.25) is 4.79 Å². The quantitative estimate of drug-likeness (QED) is 0.605. The van der Waals surface area contributed by atoms with E-state index in [1.807, 2.05) is 6.92 Å². The van der Waals surface area contributed by atoms with Crippen molar-refractivity contribution >= 4 is 5.91 Å². The fourth-order valence-electron chi connectivity index (χ4n) is 4.17. The van der Waals surface area contributed by atoms with Crippen LogP contribution >= 0.6 is 0 Å². The van der Waals surface area contributed by atoms with Gasteiger partial charge in [0.15, 0.2) is 0 Å². The average molecular weight is 397 g/mol. The van der Waals surface area contributed by atoms with Crippen molar-refractivity contribution in [1.82, 2.24) is 5.32 Å². The summed E-state index contributed by atoms with van der Waals surface area (Å²) >= 11 is 0. The van der Waals surface area contributed by atoms with Crippen LogP contribution in [0.5, 0.6) is 0 Å². The third-order valence-electron chi connectivity index (χ3n) is 5.38. The molecule has 0 aromatic heterocycles. The molecule has 0 spiro atoms. The van der Waals surface area contributed by atoms with Crippen molar-refractivity contribution in [2.45, 2.75) is 58.3 Å². The lowest BCUT2D eigenvalue weighted by molar-refractivity contribution is -0.126. The summed E-state index contributed by atoms with van der Waals surface area (Å²) in [6.45, 7) is 3.85. The van der Waals surface area contributed by atoms with Crippen LogP contribution < -0.4 is 5.32 Å². The molecule has 0 aromatic rings. The number of carbonyl (C=O) groups is 1. The van der Waals surface area contributed by atoms with Crippen LogP contribution in [0.15, 0.2) is 23.3 Å². The lowest BCUT2D eigenvalue weighted by Gasteiger charge is -2.25. The van der Waals surface area contributed by atoms with Crippen LogP contribution in [0.1, 0.15) is 46.0 Å². The molecule has 1 amide bonds. The minimum atomic E-state index is -4.85. The summed E-state index contributed by atoms with van der Waals surface area (Å²) in [5.74, 6) is -0.891. The van der Waals surface area contributed by atoms with Gasteiger partial charge in [-0.25, -0.2) is 0 Å². The van der Waals surface area contributed by atoms with Gasteiger partial charge in [0.05, 0.1) is 5.57 Å². The van der Waals surface area contributed by atoms with E-state index in [0.29, 0.717) is 12.3 Å². The van der Waals surface area contributed by atoms with Gasteiger partial charge in [-0.1, -0.05) is 26.3 Å². The molecule has 1 N–H and O–H groups in total. The van der Waals surface area contributed by atoms with Crippen LogP contribution in [0, 0.1) is 23.7 Å². The number of amides is 1. The van der Waals surface area contributed by atoms with Crippen LogP contribution in [0.25, 0.3) is 0 Å². The molecule has 27 heavy (non-hydrogen) atoms. The topological polar surface area (TPSA) is 29.1 Å².